The van der Waals surface area contributed by atoms with Crippen LogP contribution in [0.15, 0.2) is 97.1 Å². The highest BCUT2D eigenvalue weighted by molar-refractivity contribution is 5.97. The molecule has 4 aromatic carbocycles. The fourth-order valence-corrected chi connectivity index (χ4v) is 4.85. The maximum Gasteiger partial charge on any atom is 0.405 e. The summed E-state index contributed by atoms with van der Waals surface area (Å²) in [5, 5.41) is 17.2. The third-order valence-electron chi connectivity index (χ3n) is 6.91. The first-order valence-corrected chi connectivity index (χ1v) is 12.2. The second-order valence-corrected chi connectivity index (χ2v) is 9.45. The zero-order valence-corrected chi connectivity index (χ0v) is 19.8. The second-order valence-electron chi connectivity index (χ2n) is 9.45. The number of anilines is 1. The second kappa shape index (κ2) is 10.2. The van der Waals surface area contributed by atoms with Crippen LogP contribution in [0.4, 0.5) is 10.5 Å². The molecule has 182 valence electrons. The molecule has 0 heterocycles. The van der Waals surface area contributed by atoms with Crippen molar-refractivity contribution in [3.63, 3.8) is 0 Å². The number of carbonyl (C=O) groups is 2. The Morgan fingerprint density at radius 2 is 1.56 bits per heavy atom. The summed E-state index contributed by atoms with van der Waals surface area (Å²) in [6, 6.07) is 30.7. The van der Waals surface area contributed by atoms with Crippen molar-refractivity contribution >= 4 is 28.5 Å². The van der Waals surface area contributed by atoms with E-state index in [9.17, 15) is 14.7 Å². The van der Waals surface area contributed by atoms with Gasteiger partial charge in [0.15, 0.2) is 0 Å². The quantitative estimate of drug-likeness (QED) is 0.277. The predicted molar refractivity (Wildman–Crippen MR) is 142 cm³/mol. The number of fused-ring (bicyclic) bond motifs is 1. The Hall–Kier alpha value is -4.16. The first kappa shape index (κ1) is 23.6. The average Bonchev–Trinajstić information content (AvgIpc) is 3.63. The van der Waals surface area contributed by atoms with E-state index in [2.05, 4.69) is 10.6 Å². The highest BCUT2D eigenvalue weighted by Crippen LogP contribution is 2.39. The number of nitrogens with one attached hydrogen (secondary N) is 2. The highest BCUT2D eigenvalue weighted by Gasteiger charge is 2.35. The molecule has 0 saturated heterocycles. The Bertz CT molecular complexity index is 1370. The van der Waals surface area contributed by atoms with E-state index in [4.69, 9.17) is 5.73 Å². The van der Waals surface area contributed by atoms with E-state index in [1.807, 2.05) is 97.1 Å². The Morgan fingerprint density at radius 3 is 2.22 bits per heavy atom. The number of hydrogen-bond donors (Lipinski definition) is 4. The van der Waals surface area contributed by atoms with Crippen molar-refractivity contribution < 1.29 is 14.7 Å². The normalized spacial score (nSPS) is 18.2. The van der Waals surface area contributed by atoms with Gasteiger partial charge in [-0.15, -0.1) is 0 Å². The molecule has 1 saturated carbocycles. The predicted octanol–water partition coefficient (Wildman–Crippen LogP) is 5.26. The summed E-state index contributed by atoms with van der Waals surface area (Å²) >= 11 is 0. The third-order valence-corrected chi connectivity index (χ3v) is 6.91. The lowest BCUT2D eigenvalue weighted by molar-refractivity contribution is -0.118. The van der Waals surface area contributed by atoms with Crippen LogP contribution in [-0.2, 0) is 11.2 Å². The highest BCUT2D eigenvalue weighted by atomic mass is 16.4. The van der Waals surface area contributed by atoms with Crippen LogP contribution in [-0.4, -0.2) is 29.2 Å². The Balaban J connectivity index is 1.46. The van der Waals surface area contributed by atoms with E-state index in [1.54, 1.807) is 0 Å². The molecule has 0 aromatic heterocycles. The van der Waals surface area contributed by atoms with E-state index in [1.165, 1.54) is 0 Å². The number of carboxylic acid groups (broad SMARTS) is 1. The molecule has 1 fully saturated rings. The van der Waals surface area contributed by atoms with Gasteiger partial charge in [-0.2, -0.15) is 0 Å². The van der Waals surface area contributed by atoms with Crippen LogP contribution in [0.1, 0.15) is 34.9 Å². The van der Waals surface area contributed by atoms with Crippen LogP contribution >= 0.6 is 0 Å². The van der Waals surface area contributed by atoms with Crippen LogP contribution in [0.3, 0.4) is 0 Å². The van der Waals surface area contributed by atoms with Crippen LogP contribution in [0.25, 0.3) is 10.8 Å². The Morgan fingerprint density at radius 1 is 0.889 bits per heavy atom. The summed E-state index contributed by atoms with van der Waals surface area (Å²) in [6.45, 7) is 0. The lowest BCUT2D eigenvalue weighted by atomic mass is 9.84. The molecule has 1 aliphatic rings. The zero-order valence-electron chi connectivity index (χ0n) is 19.8. The van der Waals surface area contributed by atoms with E-state index >= 15 is 0 Å². The molecule has 36 heavy (non-hydrogen) atoms. The number of amides is 2. The molecule has 1 aliphatic carbocycles. The molecule has 4 aromatic rings. The molecule has 5 N–H and O–H groups in total. The number of nitrogens with two attached hydrogens (primary N) is 1. The molecule has 0 radical (unpaired) electrons. The maximum absolute atomic E-state index is 13.5. The topological polar surface area (TPSA) is 104 Å². The van der Waals surface area contributed by atoms with Crippen molar-refractivity contribution in [3.8, 4) is 0 Å². The number of rotatable bonds is 8. The standard InChI is InChI=1S/C30H29N3O3/c31-27-18-25(27)21-12-14-24(15-13-21)32-29(34)28(33-30(35)36)26(16-19-6-2-1-3-7-19)23-11-10-20-8-4-5-9-22(20)17-23/h1-15,17,25-28,33H,16,18,31H2,(H,32,34)(H,35,36). The van der Waals surface area contributed by atoms with Gasteiger partial charge in [-0.25, -0.2) is 4.79 Å². The summed E-state index contributed by atoms with van der Waals surface area (Å²) in [6.07, 6.45) is 0.228. The smallest absolute Gasteiger partial charge is 0.405 e. The van der Waals surface area contributed by atoms with Gasteiger partial charge in [-0.3, -0.25) is 4.79 Å². The molecule has 6 nitrogen and oxygen atoms in total. The average molecular weight is 480 g/mol. The number of hydrogen-bond acceptors (Lipinski definition) is 3. The molecule has 0 bridgehead atoms. The summed E-state index contributed by atoms with van der Waals surface area (Å²) in [5.74, 6) is -0.446. The molecular formula is C30H29N3O3. The first-order valence-electron chi connectivity index (χ1n) is 12.2. The van der Waals surface area contributed by atoms with E-state index in [0.29, 0.717) is 18.0 Å². The molecule has 2 amide bonds. The molecule has 0 aliphatic heterocycles. The van der Waals surface area contributed by atoms with Gasteiger partial charge in [0.25, 0.3) is 0 Å². The van der Waals surface area contributed by atoms with Crippen molar-refractivity contribution in [2.45, 2.75) is 36.8 Å². The van der Waals surface area contributed by atoms with E-state index in [0.717, 1.165) is 33.9 Å². The van der Waals surface area contributed by atoms with Gasteiger partial charge in [-0.05, 0) is 52.4 Å². The van der Waals surface area contributed by atoms with E-state index in [-0.39, 0.29) is 6.04 Å². The van der Waals surface area contributed by atoms with Crippen molar-refractivity contribution in [2.24, 2.45) is 5.73 Å². The monoisotopic (exact) mass is 479 g/mol. The largest absolute Gasteiger partial charge is 0.465 e. The zero-order chi connectivity index (χ0) is 25.1. The fourth-order valence-electron chi connectivity index (χ4n) is 4.85. The molecule has 6 heteroatoms. The van der Waals surface area contributed by atoms with Crippen molar-refractivity contribution in [2.75, 3.05) is 5.32 Å². The minimum absolute atomic E-state index is 0.204. The van der Waals surface area contributed by atoms with Crippen molar-refractivity contribution in [3.05, 3.63) is 114 Å². The maximum atomic E-state index is 13.5. The number of benzene rings is 4. The first-order chi connectivity index (χ1) is 17.5. The molecule has 0 spiro atoms. The summed E-state index contributed by atoms with van der Waals surface area (Å²) < 4.78 is 0. The molecular weight excluding hydrogens is 450 g/mol. The van der Waals surface area contributed by atoms with Gasteiger partial charge in [-0.1, -0.05) is 84.9 Å². The van der Waals surface area contributed by atoms with Crippen LogP contribution in [0.5, 0.6) is 0 Å². The molecule has 4 atom stereocenters. The van der Waals surface area contributed by atoms with Gasteiger partial charge in [0.05, 0.1) is 0 Å². The van der Waals surface area contributed by atoms with Gasteiger partial charge < -0.3 is 21.5 Å². The lowest BCUT2D eigenvalue weighted by Gasteiger charge is -2.27. The minimum Gasteiger partial charge on any atom is -0.465 e. The van der Waals surface area contributed by atoms with Gasteiger partial charge in [0.1, 0.15) is 6.04 Å². The van der Waals surface area contributed by atoms with Crippen LogP contribution in [0, 0.1) is 0 Å². The van der Waals surface area contributed by atoms with Crippen molar-refractivity contribution in [1.29, 1.82) is 0 Å². The van der Waals surface area contributed by atoms with Gasteiger partial charge in [0.2, 0.25) is 5.91 Å². The molecule has 5 rings (SSSR count). The van der Waals surface area contributed by atoms with Crippen molar-refractivity contribution in [1.82, 2.24) is 5.32 Å². The summed E-state index contributed by atoms with van der Waals surface area (Å²) in [5.41, 5.74) is 9.64. The third kappa shape index (κ3) is 5.39. The number of carbonyl (C=O) groups excluding carboxylic acids is 1. The van der Waals surface area contributed by atoms with Gasteiger partial charge in [0, 0.05) is 23.6 Å². The minimum atomic E-state index is -1.24. The van der Waals surface area contributed by atoms with Gasteiger partial charge >= 0.3 is 6.09 Å². The fraction of sp³-hybridized carbons (Fsp3) is 0.200. The van der Waals surface area contributed by atoms with E-state index < -0.39 is 24.0 Å². The summed E-state index contributed by atoms with van der Waals surface area (Å²) in [4.78, 5) is 25.4. The SMILES string of the molecule is NC1CC1c1ccc(NC(=O)C(NC(=O)O)C(Cc2ccccc2)c2ccc3ccccc3c2)cc1. The summed E-state index contributed by atoms with van der Waals surface area (Å²) in [7, 11) is 0. The van der Waals surface area contributed by atoms with Crippen LogP contribution < -0.4 is 16.4 Å². The molecule has 4 unspecified atom stereocenters. The lowest BCUT2D eigenvalue weighted by Crippen LogP contribution is -2.47. The Kier molecular flexibility index (Phi) is 6.69. The van der Waals surface area contributed by atoms with Crippen LogP contribution in [0.2, 0.25) is 0 Å². The Labute approximate surface area is 210 Å².